The van der Waals surface area contributed by atoms with Crippen LogP contribution in [0.4, 0.5) is 0 Å². The zero-order chi connectivity index (χ0) is 17.1. The van der Waals surface area contributed by atoms with Crippen LogP contribution in [-0.2, 0) is 14.3 Å². The molecule has 0 aromatic carbocycles. The summed E-state index contributed by atoms with van der Waals surface area (Å²) in [6.07, 6.45) is 9.62. The average Bonchev–Trinajstić information content (AvgIpc) is 2.83. The molecule has 24 heavy (non-hydrogen) atoms. The summed E-state index contributed by atoms with van der Waals surface area (Å²) in [5.74, 6) is 3.64. The molecule has 132 valence electrons. The van der Waals surface area contributed by atoms with Crippen molar-refractivity contribution >= 4 is 11.8 Å². The Hall–Kier alpha value is -1.12. The summed E-state index contributed by atoms with van der Waals surface area (Å²) in [5, 5.41) is 0. The number of carbonyl (C=O) groups excluding carboxylic acids is 2. The van der Waals surface area contributed by atoms with Crippen LogP contribution in [0.1, 0.15) is 65.7 Å². The average molecular weight is 330 g/mol. The van der Waals surface area contributed by atoms with E-state index in [1.165, 1.54) is 24.8 Å². The minimum atomic E-state index is -0.128. The van der Waals surface area contributed by atoms with Gasteiger partial charge in [-0.15, -0.1) is 0 Å². The van der Waals surface area contributed by atoms with Gasteiger partial charge in [0.1, 0.15) is 6.10 Å². The van der Waals surface area contributed by atoms with E-state index in [0.717, 1.165) is 37.5 Å². The van der Waals surface area contributed by atoms with Gasteiger partial charge >= 0.3 is 5.97 Å². The molecule has 0 heterocycles. The predicted octanol–water partition coefficient (Wildman–Crippen LogP) is 4.31. The highest BCUT2D eigenvalue weighted by Gasteiger charge is 2.58. The Morgan fingerprint density at radius 2 is 2.04 bits per heavy atom. The maximum Gasteiger partial charge on any atom is 0.302 e. The van der Waals surface area contributed by atoms with Crippen LogP contribution in [0.3, 0.4) is 0 Å². The second-order valence-electron chi connectivity index (χ2n) is 9.08. The Kier molecular flexibility index (Phi) is 3.89. The first-order valence-electron chi connectivity index (χ1n) is 9.80. The van der Waals surface area contributed by atoms with Crippen molar-refractivity contribution < 1.29 is 14.3 Å². The molecule has 3 heteroatoms. The molecule has 4 rings (SSSR count). The number of ether oxygens (including phenoxy) is 1. The van der Waals surface area contributed by atoms with Gasteiger partial charge in [-0.3, -0.25) is 9.59 Å². The van der Waals surface area contributed by atoms with E-state index in [2.05, 4.69) is 13.8 Å². The lowest BCUT2D eigenvalue weighted by Crippen LogP contribution is -2.50. The summed E-state index contributed by atoms with van der Waals surface area (Å²) < 4.78 is 5.72. The van der Waals surface area contributed by atoms with E-state index < -0.39 is 0 Å². The zero-order valence-corrected chi connectivity index (χ0v) is 15.2. The van der Waals surface area contributed by atoms with Crippen molar-refractivity contribution in [1.82, 2.24) is 0 Å². The lowest BCUT2D eigenvalue weighted by atomic mass is 9.49. The Morgan fingerprint density at radius 1 is 1.25 bits per heavy atom. The normalized spacial score (nSPS) is 47.3. The van der Waals surface area contributed by atoms with E-state index in [4.69, 9.17) is 4.74 Å². The van der Waals surface area contributed by atoms with Crippen molar-refractivity contribution in [3.8, 4) is 0 Å². The molecule has 0 amide bonds. The van der Waals surface area contributed by atoms with Crippen LogP contribution in [0, 0.1) is 35.0 Å². The molecule has 0 spiro atoms. The number of rotatable bonds is 1. The molecule has 3 fully saturated rings. The standard InChI is InChI=1S/C21H30O3/c1-12-10-14-11-15(23)4-5-16(14)17-8-9-21(3)18(20(12)17)6-7-19(21)24-13(2)22/h11-12,16-20H,4-10H2,1-3H3/t12-,16+,17-,18-,19-,20-,21-/m1/s1. The Labute approximate surface area is 145 Å². The van der Waals surface area contributed by atoms with Crippen molar-refractivity contribution in [2.24, 2.45) is 35.0 Å². The Balaban J connectivity index is 1.62. The van der Waals surface area contributed by atoms with E-state index in [1.54, 1.807) is 6.92 Å². The van der Waals surface area contributed by atoms with Gasteiger partial charge in [0.05, 0.1) is 0 Å². The van der Waals surface area contributed by atoms with Crippen molar-refractivity contribution in [2.75, 3.05) is 0 Å². The third-order valence-corrected chi connectivity index (χ3v) is 7.86. The first-order chi connectivity index (χ1) is 11.4. The largest absolute Gasteiger partial charge is 0.462 e. The first kappa shape index (κ1) is 16.4. The van der Waals surface area contributed by atoms with Crippen molar-refractivity contribution in [1.29, 1.82) is 0 Å². The lowest BCUT2D eigenvalue weighted by molar-refractivity contribution is -0.157. The Bertz CT molecular complexity index is 592. The van der Waals surface area contributed by atoms with Crippen molar-refractivity contribution in [3.05, 3.63) is 11.6 Å². The lowest BCUT2D eigenvalue weighted by Gasteiger charge is -2.55. The second kappa shape index (κ2) is 5.71. The van der Waals surface area contributed by atoms with Crippen LogP contribution < -0.4 is 0 Å². The maximum absolute atomic E-state index is 11.8. The SMILES string of the molecule is CC(=O)O[C@@H]1CC[C@@H]2[C@H]3[C@H](CC[C@]21C)[C@H]1CCC(=O)C=C1C[C@H]3C. The molecule has 0 aromatic rings. The third-order valence-electron chi connectivity index (χ3n) is 7.86. The van der Waals surface area contributed by atoms with Gasteiger partial charge < -0.3 is 4.74 Å². The van der Waals surface area contributed by atoms with Crippen LogP contribution >= 0.6 is 0 Å². The number of hydrogen-bond donors (Lipinski definition) is 0. The number of carbonyl (C=O) groups is 2. The van der Waals surface area contributed by atoms with Gasteiger partial charge in [-0.05, 0) is 74.2 Å². The van der Waals surface area contributed by atoms with Gasteiger partial charge in [0.15, 0.2) is 5.78 Å². The Morgan fingerprint density at radius 3 is 2.79 bits per heavy atom. The molecule has 3 nitrogen and oxygen atoms in total. The minimum absolute atomic E-state index is 0.109. The zero-order valence-electron chi connectivity index (χ0n) is 15.2. The van der Waals surface area contributed by atoms with Crippen LogP contribution in [0.5, 0.6) is 0 Å². The van der Waals surface area contributed by atoms with Crippen LogP contribution in [0.2, 0.25) is 0 Å². The van der Waals surface area contributed by atoms with Gasteiger partial charge in [-0.1, -0.05) is 19.4 Å². The molecule has 7 atom stereocenters. The van der Waals surface area contributed by atoms with E-state index in [-0.39, 0.29) is 17.5 Å². The van der Waals surface area contributed by atoms with Crippen molar-refractivity contribution in [3.63, 3.8) is 0 Å². The number of hydrogen-bond acceptors (Lipinski definition) is 3. The smallest absolute Gasteiger partial charge is 0.302 e. The fourth-order valence-corrected chi connectivity index (χ4v) is 6.93. The summed E-state index contributed by atoms with van der Waals surface area (Å²) in [5.41, 5.74) is 1.60. The van der Waals surface area contributed by atoms with E-state index in [9.17, 15) is 9.59 Å². The number of ketones is 1. The fraction of sp³-hybridized carbons (Fsp3) is 0.810. The molecular weight excluding hydrogens is 300 g/mol. The van der Waals surface area contributed by atoms with Gasteiger partial charge in [0, 0.05) is 18.8 Å². The molecule has 0 bridgehead atoms. The summed E-state index contributed by atoms with van der Waals surface area (Å²) in [6.45, 7) is 6.30. The maximum atomic E-state index is 11.8. The number of esters is 1. The van der Waals surface area contributed by atoms with Crippen LogP contribution in [0.15, 0.2) is 11.6 Å². The molecule has 0 aromatic heterocycles. The van der Waals surface area contributed by atoms with Gasteiger partial charge in [-0.2, -0.15) is 0 Å². The van der Waals surface area contributed by atoms with Gasteiger partial charge in [-0.25, -0.2) is 0 Å². The van der Waals surface area contributed by atoms with E-state index in [1.807, 2.05) is 6.08 Å². The summed E-state index contributed by atoms with van der Waals surface area (Å²) in [6, 6.07) is 0. The molecule has 3 saturated carbocycles. The first-order valence-corrected chi connectivity index (χ1v) is 9.80. The highest BCUT2D eigenvalue weighted by molar-refractivity contribution is 5.91. The topological polar surface area (TPSA) is 43.4 Å². The molecule has 0 unspecified atom stereocenters. The van der Waals surface area contributed by atoms with E-state index in [0.29, 0.717) is 23.5 Å². The highest BCUT2D eigenvalue weighted by atomic mass is 16.5. The number of fused-ring (bicyclic) bond motifs is 5. The molecule has 4 aliphatic rings. The second-order valence-corrected chi connectivity index (χ2v) is 9.08. The van der Waals surface area contributed by atoms with Crippen LogP contribution in [-0.4, -0.2) is 17.9 Å². The number of allylic oxidation sites excluding steroid dienone is 1. The molecule has 0 saturated heterocycles. The van der Waals surface area contributed by atoms with Gasteiger partial charge in [0.2, 0.25) is 0 Å². The third kappa shape index (κ3) is 2.38. The van der Waals surface area contributed by atoms with Gasteiger partial charge in [0.25, 0.3) is 0 Å². The van der Waals surface area contributed by atoms with E-state index >= 15 is 0 Å². The highest BCUT2D eigenvalue weighted by Crippen LogP contribution is 2.63. The summed E-state index contributed by atoms with van der Waals surface area (Å²) in [4.78, 5) is 23.4. The quantitative estimate of drug-likeness (QED) is 0.673. The molecule has 4 aliphatic carbocycles. The fourth-order valence-electron chi connectivity index (χ4n) is 6.93. The molecule has 0 N–H and O–H groups in total. The summed E-state index contributed by atoms with van der Waals surface area (Å²) in [7, 11) is 0. The predicted molar refractivity (Wildman–Crippen MR) is 92.2 cm³/mol. The molecular formula is C21H30O3. The molecule has 0 aliphatic heterocycles. The molecule has 0 radical (unpaired) electrons. The van der Waals surface area contributed by atoms with Crippen LogP contribution in [0.25, 0.3) is 0 Å². The van der Waals surface area contributed by atoms with Crippen molar-refractivity contribution in [2.45, 2.75) is 71.8 Å². The monoisotopic (exact) mass is 330 g/mol. The summed E-state index contributed by atoms with van der Waals surface area (Å²) >= 11 is 0. The minimum Gasteiger partial charge on any atom is -0.462 e.